The van der Waals surface area contributed by atoms with E-state index in [1.165, 1.54) is 18.3 Å². The average molecular weight is 427 g/mol. The number of nitrogens with zero attached hydrogens (tertiary/aromatic N) is 1. The Hall–Kier alpha value is -4.39. The van der Waals surface area contributed by atoms with Gasteiger partial charge in [-0.3, -0.25) is 4.98 Å². The summed E-state index contributed by atoms with van der Waals surface area (Å²) in [6, 6.07) is 20.8. The zero-order valence-corrected chi connectivity index (χ0v) is 17.2. The number of nitrogens with one attached hydrogen (secondary N) is 1. The van der Waals surface area contributed by atoms with Crippen molar-refractivity contribution < 1.29 is 24.2 Å². The Morgan fingerprint density at radius 2 is 1.78 bits per heavy atom. The average Bonchev–Trinajstić information content (AvgIpc) is 2.80. The Balaban J connectivity index is 1.82. The number of anilines is 2. The molecule has 0 unspecified atom stereocenters. The van der Waals surface area contributed by atoms with Crippen LogP contribution in [0.15, 0.2) is 79.0 Å². The molecule has 0 amide bonds. The number of fused-ring (bicyclic) bond motifs is 1. The molecule has 0 fully saturated rings. The molecule has 4 rings (SSSR count). The van der Waals surface area contributed by atoms with Crippen molar-refractivity contribution in [2.24, 2.45) is 0 Å². The molecule has 0 aliphatic heterocycles. The van der Waals surface area contributed by atoms with Crippen molar-refractivity contribution in [3.05, 3.63) is 90.1 Å². The zero-order valence-electron chi connectivity index (χ0n) is 17.2. The third kappa shape index (κ3) is 4.52. The van der Waals surface area contributed by atoms with Gasteiger partial charge in [0.25, 0.3) is 0 Å². The summed E-state index contributed by atoms with van der Waals surface area (Å²) in [5.74, 6) is -0.622. The number of esters is 1. The summed E-state index contributed by atoms with van der Waals surface area (Å²) in [6.45, 7) is 1.92. The van der Waals surface area contributed by atoms with Gasteiger partial charge in [0.15, 0.2) is 0 Å². The first kappa shape index (κ1) is 20.9. The van der Waals surface area contributed by atoms with Crippen LogP contribution in [-0.4, -0.2) is 23.5 Å². The first-order chi connectivity index (χ1) is 15.5. The van der Waals surface area contributed by atoms with Crippen LogP contribution >= 0.6 is 0 Å². The van der Waals surface area contributed by atoms with Crippen LogP contribution < -0.4 is 15.2 Å². The molecule has 0 saturated carbocycles. The minimum Gasteiger partial charge on any atom is -0.545 e. The van der Waals surface area contributed by atoms with Gasteiger partial charge in [-0.05, 0) is 55.0 Å². The third-order valence-corrected chi connectivity index (χ3v) is 4.68. The highest BCUT2D eigenvalue weighted by Crippen LogP contribution is 2.33. The third-order valence-electron chi connectivity index (χ3n) is 4.68. The second-order valence-electron chi connectivity index (χ2n) is 6.85. The summed E-state index contributed by atoms with van der Waals surface area (Å²) in [5.41, 5.74) is 1.76. The van der Waals surface area contributed by atoms with Crippen molar-refractivity contribution in [1.29, 1.82) is 0 Å². The number of pyridine rings is 1. The Labute approximate surface area is 184 Å². The van der Waals surface area contributed by atoms with E-state index in [9.17, 15) is 14.7 Å². The summed E-state index contributed by atoms with van der Waals surface area (Å²) in [4.78, 5) is 28.3. The van der Waals surface area contributed by atoms with Gasteiger partial charge in [-0.15, -0.1) is 0 Å². The Kier molecular flexibility index (Phi) is 5.98. The Morgan fingerprint density at radius 1 is 0.969 bits per heavy atom. The van der Waals surface area contributed by atoms with E-state index in [1.54, 1.807) is 37.3 Å². The monoisotopic (exact) mass is 427 g/mol. The molecule has 32 heavy (non-hydrogen) atoms. The molecular weight excluding hydrogens is 408 g/mol. The zero-order chi connectivity index (χ0) is 22.5. The van der Waals surface area contributed by atoms with E-state index >= 15 is 0 Å². The lowest BCUT2D eigenvalue weighted by molar-refractivity contribution is -0.255. The molecule has 7 heteroatoms. The number of aromatic carboxylic acids is 1. The lowest BCUT2D eigenvalue weighted by Gasteiger charge is -2.16. The highest BCUT2D eigenvalue weighted by atomic mass is 16.5. The van der Waals surface area contributed by atoms with Gasteiger partial charge in [0, 0.05) is 17.3 Å². The molecule has 0 atom stereocenters. The molecule has 0 aliphatic rings. The molecule has 7 nitrogen and oxygen atoms in total. The minimum absolute atomic E-state index is 0.0131. The van der Waals surface area contributed by atoms with E-state index in [-0.39, 0.29) is 17.7 Å². The van der Waals surface area contributed by atoms with Gasteiger partial charge in [-0.25, -0.2) is 4.79 Å². The van der Waals surface area contributed by atoms with Gasteiger partial charge in [-0.2, -0.15) is 0 Å². The number of carboxylic acids is 1. The van der Waals surface area contributed by atoms with Gasteiger partial charge in [-0.1, -0.05) is 30.3 Å². The van der Waals surface area contributed by atoms with Gasteiger partial charge in [0.05, 0.1) is 23.8 Å². The van der Waals surface area contributed by atoms with Crippen LogP contribution in [-0.2, 0) is 4.74 Å². The summed E-state index contributed by atoms with van der Waals surface area (Å²) in [6.07, 6.45) is 1.43. The Morgan fingerprint density at radius 3 is 2.53 bits per heavy atom. The molecule has 0 aliphatic carbocycles. The highest BCUT2D eigenvalue weighted by Gasteiger charge is 2.18. The minimum atomic E-state index is -1.29. The topological polar surface area (TPSA) is 101 Å². The lowest BCUT2D eigenvalue weighted by Crippen LogP contribution is -2.22. The van der Waals surface area contributed by atoms with Crippen LogP contribution in [0.3, 0.4) is 0 Å². The number of benzene rings is 3. The molecule has 1 aromatic heterocycles. The van der Waals surface area contributed by atoms with Crippen molar-refractivity contribution >= 4 is 34.2 Å². The van der Waals surface area contributed by atoms with Gasteiger partial charge >= 0.3 is 5.97 Å². The maximum Gasteiger partial charge on any atom is 0.341 e. The number of rotatable bonds is 7. The predicted molar refractivity (Wildman–Crippen MR) is 118 cm³/mol. The molecule has 0 saturated heterocycles. The summed E-state index contributed by atoms with van der Waals surface area (Å²) in [5, 5.41) is 15.0. The number of carbonyl (C=O) groups is 2. The van der Waals surface area contributed by atoms with E-state index in [0.717, 1.165) is 0 Å². The summed E-state index contributed by atoms with van der Waals surface area (Å²) < 4.78 is 11.1. The number of aromatic nitrogens is 1. The first-order valence-electron chi connectivity index (χ1n) is 9.96. The maximum absolute atomic E-state index is 12.6. The second kappa shape index (κ2) is 9.18. The summed E-state index contributed by atoms with van der Waals surface area (Å²) in [7, 11) is 0. The Bertz CT molecular complexity index is 1290. The lowest BCUT2D eigenvalue weighted by atomic mass is 10.1. The smallest absolute Gasteiger partial charge is 0.341 e. The molecule has 1 N–H and O–H groups in total. The normalized spacial score (nSPS) is 10.5. The van der Waals surface area contributed by atoms with Crippen LogP contribution in [0.5, 0.6) is 11.5 Å². The van der Waals surface area contributed by atoms with Crippen LogP contribution in [0.4, 0.5) is 11.4 Å². The number of carbonyl (C=O) groups excluding carboxylic acids is 2. The van der Waals surface area contributed by atoms with Crippen LogP contribution in [0.1, 0.15) is 27.6 Å². The van der Waals surface area contributed by atoms with E-state index < -0.39 is 11.9 Å². The van der Waals surface area contributed by atoms with Crippen LogP contribution in [0.25, 0.3) is 10.9 Å². The van der Waals surface area contributed by atoms with Gasteiger partial charge < -0.3 is 24.7 Å². The SMILES string of the molecule is CCOC(=O)c1cnc2ccc(Oc3ccccc3)cc2c1Nc1cccc(C(=O)[O-])c1. The fourth-order valence-corrected chi connectivity index (χ4v) is 3.23. The number of carboxylic acid groups (broad SMARTS) is 1. The van der Waals surface area contributed by atoms with Gasteiger partial charge in [0.1, 0.15) is 17.1 Å². The van der Waals surface area contributed by atoms with Crippen LogP contribution in [0, 0.1) is 0 Å². The fraction of sp³-hybridized carbons (Fsp3) is 0.0800. The highest BCUT2D eigenvalue weighted by molar-refractivity contribution is 6.06. The fourth-order valence-electron chi connectivity index (χ4n) is 3.23. The molecular formula is C25H19N2O5-. The number of ether oxygens (including phenoxy) is 2. The molecule has 0 spiro atoms. The largest absolute Gasteiger partial charge is 0.545 e. The number of para-hydroxylation sites is 1. The molecule has 3 aromatic carbocycles. The van der Waals surface area contributed by atoms with Gasteiger partial charge in [0.2, 0.25) is 0 Å². The van der Waals surface area contributed by atoms with E-state index in [1.807, 2.05) is 30.3 Å². The molecule has 160 valence electrons. The standard InChI is InChI=1S/C25H20N2O5/c1-2-31-25(30)21-15-26-22-12-11-19(32-18-9-4-3-5-10-18)14-20(22)23(21)27-17-8-6-7-16(13-17)24(28)29/h3-15H,2H2,1H3,(H,26,27)(H,28,29)/p-1. The van der Waals surface area contributed by atoms with Crippen molar-refractivity contribution in [3.63, 3.8) is 0 Å². The van der Waals surface area contributed by atoms with Crippen molar-refractivity contribution in [3.8, 4) is 11.5 Å². The second-order valence-corrected chi connectivity index (χ2v) is 6.85. The summed E-state index contributed by atoms with van der Waals surface area (Å²) >= 11 is 0. The number of hydrogen-bond acceptors (Lipinski definition) is 7. The molecule has 4 aromatic rings. The quantitative estimate of drug-likeness (QED) is 0.439. The van der Waals surface area contributed by atoms with E-state index in [4.69, 9.17) is 9.47 Å². The maximum atomic E-state index is 12.6. The first-order valence-corrected chi connectivity index (χ1v) is 9.96. The number of hydrogen-bond donors (Lipinski definition) is 1. The predicted octanol–water partition coefficient (Wildman–Crippen LogP) is 4.31. The van der Waals surface area contributed by atoms with Crippen molar-refractivity contribution in [2.75, 3.05) is 11.9 Å². The molecule has 0 radical (unpaired) electrons. The van der Waals surface area contributed by atoms with Crippen molar-refractivity contribution in [2.45, 2.75) is 6.92 Å². The van der Waals surface area contributed by atoms with Crippen LogP contribution in [0.2, 0.25) is 0 Å². The molecule has 0 bridgehead atoms. The molecule has 1 heterocycles. The van der Waals surface area contributed by atoms with E-state index in [2.05, 4.69) is 10.3 Å². The van der Waals surface area contributed by atoms with Crippen molar-refractivity contribution in [1.82, 2.24) is 4.98 Å². The van der Waals surface area contributed by atoms with E-state index in [0.29, 0.717) is 33.8 Å².